The summed E-state index contributed by atoms with van der Waals surface area (Å²) >= 11 is 6.03. The third kappa shape index (κ3) is 4.24. The molecule has 126 valence electrons. The number of rotatable bonds is 4. The first-order valence-electron chi connectivity index (χ1n) is 7.86. The Bertz CT molecular complexity index is 715. The summed E-state index contributed by atoms with van der Waals surface area (Å²) in [4.78, 5) is 12.6. The molecule has 2 aromatic carbocycles. The van der Waals surface area contributed by atoms with Crippen molar-refractivity contribution in [3.63, 3.8) is 0 Å². The number of piperidine rings is 1. The highest BCUT2D eigenvalue weighted by Crippen LogP contribution is 2.28. The first-order valence-corrected chi connectivity index (χ1v) is 8.24. The third-order valence-electron chi connectivity index (χ3n) is 3.90. The van der Waals surface area contributed by atoms with E-state index in [1.165, 1.54) is 24.3 Å². The molecule has 0 saturated carbocycles. The van der Waals surface area contributed by atoms with Crippen molar-refractivity contribution in [2.24, 2.45) is 0 Å². The van der Waals surface area contributed by atoms with Crippen molar-refractivity contribution in [3.05, 3.63) is 58.9 Å². The highest BCUT2D eigenvalue weighted by molar-refractivity contribution is 6.31. The zero-order valence-corrected chi connectivity index (χ0v) is 13.8. The van der Waals surface area contributed by atoms with Crippen LogP contribution in [0.2, 0.25) is 5.02 Å². The van der Waals surface area contributed by atoms with E-state index in [9.17, 15) is 9.18 Å². The minimum atomic E-state index is -0.345. The Balaban J connectivity index is 1.79. The Morgan fingerprint density at radius 3 is 2.58 bits per heavy atom. The van der Waals surface area contributed by atoms with Gasteiger partial charge >= 0.3 is 0 Å². The van der Waals surface area contributed by atoms with Gasteiger partial charge in [0, 0.05) is 11.1 Å². The highest BCUT2D eigenvalue weighted by atomic mass is 35.5. The summed E-state index contributed by atoms with van der Waals surface area (Å²) in [5, 5.41) is 6.73. The number of nitrogens with one attached hydrogen (secondary N) is 2. The molecule has 2 aromatic rings. The van der Waals surface area contributed by atoms with Gasteiger partial charge in [0.25, 0.3) is 5.91 Å². The summed E-state index contributed by atoms with van der Waals surface area (Å²) in [5.74, 6) is 0.274. The van der Waals surface area contributed by atoms with Crippen LogP contribution in [-0.4, -0.2) is 25.0 Å². The van der Waals surface area contributed by atoms with Crippen LogP contribution in [0.5, 0.6) is 11.5 Å². The fourth-order valence-electron chi connectivity index (χ4n) is 2.63. The number of carbonyl (C=O) groups excluding carboxylic acids is 1. The van der Waals surface area contributed by atoms with Crippen LogP contribution in [0, 0.1) is 5.82 Å². The van der Waals surface area contributed by atoms with Gasteiger partial charge in [-0.1, -0.05) is 11.6 Å². The van der Waals surface area contributed by atoms with E-state index >= 15 is 0 Å². The molecule has 4 nitrogen and oxygen atoms in total. The fourth-order valence-corrected chi connectivity index (χ4v) is 2.80. The van der Waals surface area contributed by atoms with Crippen molar-refractivity contribution in [2.75, 3.05) is 13.1 Å². The molecule has 0 bridgehead atoms. The minimum Gasteiger partial charge on any atom is -0.457 e. The Morgan fingerprint density at radius 2 is 1.88 bits per heavy atom. The summed E-state index contributed by atoms with van der Waals surface area (Å²) in [6, 6.07) is 10.6. The normalized spacial score (nSPS) is 15.1. The van der Waals surface area contributed by atoms with Crippen molar-refractivity contribution in [2.45, 2.75) is 18.9 Å². The van der Waals surface area contributed by atoms with E-state index in [4.69, 9.17) is 16.3 Å². The average Bonchev–Trinajstić information content (AvgIpc) is 2.59. The molecule has 6 heteroatoms. The van der Waals surface area contributed by atoms with Crippen molar-refractivity contribution in [1.29, 1.82) is 0 Å². The first kappa shape index (κ1) is 16.7. The van der Waals surface area contributed by atoms with Gasteiger partial charge in [-0.2, -0.15) is 0 Å². The molecule has 0 unspecified atom stereocenters. The zero-order valence-electron chi connectivity index (χ0n) is 13.0. The van der Waals surface area contributed by atoms with Gasteiger partial charge in [-0.15, -0.1) is 0 Å². The van der Waals surface area contributed by atoms with E-state index in [0.29, 0.717) is 22.1 Å². The van der Waals surface area contributed by atoms with Gasteiger partial charge in [-0.05, 0) is 68.4 Å². The van der Waals surface area contributed by atoms with Gasteiger partial charge in [0.2, 0.25) is 0 Å². The second-order valence-corrected chi connectivity index (χ2v) is 6.13. The van der Waals surface area contributed by atoms with Crippen LogP contribution in [0.15, 0.2) is 42.5 Å². The molecule has 0 aliphatic carbocycles. The number of amides is 1. The number of hydrogen-bond acceptors (Lipinski definition) is 3. The maximum atomic E-state index is 13.0. The van der Waals surface area contributed by atoms with Crippen LogP contribution in [0.4, 0.5) is 4.39 Å². The number of ether oxygens (including phenoxy) is 1. The summed E-state index contributed by atoms with van der Waals surface area (Å²) in [5.41, 5.74) is 0.366. The Labute approximate surface area is 145 Å². The van der Waals surface area contributed by atoms with Crippen molar-refractivity contribution >= 4 is 17.5 Å². The van der Waals surface area contributed by atoms with Gasteiger partial charge in [0.15, 0.2) is 0 Å². The van der Waals surface area contributed by atoms with Gasteiger partial charge in [0.1, 0.15) is 17.3 Å². The summed E-state index contributed by atoms with van der Waals surface area (Å²) in [7, 11) is 0. The molecule has 1 aliphatic rings. The molecule has 24 heavy (non-hydrogen) atoms. The molecular weight excluding hydrogens is 331 g/mol. The van der Waals surface area contributed by atoms with E-state index in [0.717, 1.165) is 25.9 Å². The predicted molar refractivity (Wildman–Crippen MR) is 91.3 cm³/mol. The molecule has 0 radical (unpaired) electrons. The van der Waals surface area contributed by atoms with E-state index in [1.807, 2.05) is 0 Å². The quantitative estimate of drug-likeness (QED) is 0.884. The van der Waals surface area contributed by atoms with Crippen LogP contribution in [-0.2, 0) is 0 Å². The lowest BCUT2D eigenvalue weighted by Gasteiger charge is -2.24. The SMILES string of the molecule is O=C(NC1CCNCC1)c1cc(Cl)ccc1Oc1ccc(F)cc1. The average molecular weight is 349 g/mol. The Morgan fingerprint density at radius 1 is 1.17 bits per heavy atom. The van der Waals surface area contributed by atoms with Crippen molar-refractivity contribution in [1.82, 2.24) is 10.6 Å². The first-order chi connectivity index (χ1) is 11.6. The van der Waals surface area contributed by atoms with Crippen LogP contribution >= 0.6 is 11.6 Å². The fraction of sp³-hybridized carbons (Fsp3) is 0.278. The second-order valence-electron chi connectivity index (χ2n) is 5.69. The summed E-state index contributed by atoms with van der Waals surface area (Å²) in [6.07, 6.45) is 1.78. The minimum absolute atomic E-state index is 0.136. The molecule has 1 saturated heterocycles. The maximum absolute atomic E-state index is 13.0. The molecule has 0 spiro atoms. The largest absolute Gasteiger partial charge is 0.457 e. The van der Waals surface area contributed by atoms with Gasteiger partial charge in [-0.3, -0.25) is 4.79 Å². The third-order valence-corrected chi connectivity index (χ3v) is 4.14. The van der Waals surface area contributed by atoms with Gasteiger partial charge in [-0.25, -0.2) is 4.39 Å². The molecular formula is C18H18ClFN2O2. The molecule has 1 aliphatic heterocycles. The van der Waals surface area contributed by atoms with Crippen molar-refractivity contribution in [3.8, 4) is 11.5 Å². The topological polar surface area (TPSA) is 50.4 Å². The van der Waals surface area contributed by atoms with Crippen molar-refractivity contribution < 1.29 is 13.9 Å². The van der Waals surface area contributed by atoms with Crippen LogP contribution in [0.25, 0.3) is 0 Å². The van der Waals surface area contributed by atoms with E-state index < -0.39 is 0 Å². The molecule has 1 amide bonds. The number of carbonyl (C=O) groups is 1. The molecule has 2 N–H and O–H groups in total. The lowest BCUT2D eigenvalue weighted by Crippen LogP contribution is -2.42. The molecule has 0 aromatic heterocycles. The maximum Gasteiger partial charge on any atom is 0.255 e. The standard InChI is InChI=1S/C18H18ClFN2O2/c19-12-1-6-17(24-15-4-2-13(20)3-5-15)16(11-12)18(23)22-14-7-9-21-10-8-14/h1-6,11,14,21H,7-10H2,(H,22,23). The van der Waals surface area contributed by atoms with Crippen LogP contribution in [0.3, 0.4) is 0 Å². The van der Waals surface area contributed by atoms with E-state index in [2.05, 4.69) is 10.6 Å². The second kappa shape index (κ2) is 7.64. The smallest absolute Gasteiger partial charge is 0.255 e. The Kier molecular flexibility index (Phi) is 5.33. The number of hydrogen-bond donors (Lipinski definition) is 2. The Hall–Kier alpha value is -2.11. The molecule has 0 atom stereocenters. The summed E-state index contributed by atoms with van der Waals surface area (Å²) < 4.78 is 18.7. The molecule has 1 fully saturated rings. The lowest BCUT2D eigenvalue weighted by atomic mass is 10.1. The number of halogens is 2. The highest BCUT2D eigenvalue weighted by Gasteiger charge is 2.19. The monoisotopic (exact) mass is 348 g/mol. The predicted octanol–water partition coefficient (Wildman–Crippen LogP) is 3.75. The van der Waals surface area contributed by atoms with E-state index in [1.54, 1.807) is 18.2 Å². The van der Waals surface area contributed by atoms with Crippen LogP contribution < -0.4 is 15.4 Å². The van der Waals surface area contributed by atoms with Gasteiger partial charge in [0.05, 0.1) is 5.56 Å². The zero-order chi connectivity index (χ0) is 16.9. The van der Waals surface area contributed by atoms with E-state index in [-0.39, 0.29) is 17.8 Å². The summed E-state index contributed by atoms with van der Waals surface area (Å²) in [6.45, 7) is 1.78. The van der Waals surface area contributed by atoms with Crippen LogP contribution in [0.1, 0.15) is 23.2 Å². The van der Waals surface area contributed by atoms with Gasteiger partial charge < -0.3 is 15.4 Å². The lowest BCUT2D eigenvalue weighted by molar-refractivity contribution is 0.0927. The molecule has 1 heterocycles. The number of benzene rings is 2. The molecule has 3 rings (SSSR count).